The van der Waals surface area contributed by atoms with E-state index in [0.717, 1.165) is 22.4 Å². The van der Waals surface area contributed by atoms with Gasteiger partial charge in [0.2, 0.25) is 0 Å². The summed E-state index contributed by atoms with van der Waals surface area (Å²) in [6.07, 6.45) is 0. The largest absolute Gasteiger partial charge is 0.476 e. The molecule has 0 atom stereocenters. The van der Waals surface area contributed by atoms with Crippen molar-refractivity contribution in [2.75, 3.05) is 0 Å². The van der Waals surface area contributed by atoms with Crippen LogP contribution in [0, 0.1) is 12.7 Å². The van der Waals surface area contributed by atoms with Crippen molar-refractivity contribution in [1.82, 2.24) is 9.78 Å². The van der Waals surface area contributed by atoms with Gasteiger partial charge in [0, 0.05) is 6.07 Å². The molecule has 0 saturated heterocycles. The first-order valence-corrected chi connectivity index (χ1v) is 5.54. The molecule has 6 heteroatoms. The van der Waals surface area contributed by atoms with Crippen LogP contribution in [0.3, 0.4) is 0 Å². The Morgan fingerprint density at radius 2 is 2.11 bits per heavy atom. The predicted molar refractivity (Wildman–Crippen MR) is 65.7 cm³/mol. The van der Waals surface area contributed by atoms with Crippen LogP contribution >= 0.6 is 0 Å². The Bertz CT molecular complexity index is 695. The third-order valence-corrected chi connectivity index (χ3v) is 2.72. The molecule has 0 amide bonds. The lowest BCUT2D eigenvalue weighted by Crippen LogP contribution is -2.25. The monoisotopic (exact) mass is 262 g/mol. The Balaban J connectivity index is 2.43. The van der Waals surface area contributed by atoms with E-state index in [1.807, 2.05) is 0 Å². The fourth-order valence-electron chi connectivity index (χ4n) is 1.65. The number of benzene rings is 1. The smallest absolute Gasteiger partial charge is 0.356 e. The maximum absolute atomic E-state index is 13.2. The van der Waals surface area contributed by atoms with Crippen molar-refractivity contribution >= 4 is 5.97 Å². The van der Waals surface area contributed by atoms with E-state index in [1.54, 1.807) is 13.0 Å². The minimum Gasteiger partial charge on any atom is -0.476 e. The summed E-state index contributed by atoms with van der Waals surface area (Å²) in [6.45, 7) is 1.81. The second kappa shape index (κ2) is 5.01. The van der Waals surface area contributed by atoms with Gasteiger partial charge in [-0.3, -0.25) is 4.79 Å². The fraction of sp³-hybridized carbons (Fsp3) is 0.154. The maximum Gasteiger partial charge on any atom is 0.356 e. The van der Waals surface area contributed by atoms with Crippen molar-refractivity contribution in [2.24, 2.45) is 0 Å². The molecule has 1 N–H and O–H groups in total. The van der Waals surface area contributed by atoms with Crippen molar-refractivity contribution in [1.29, 1.82) is 0 Å². The second-order valence-electron chi connectivity index (χ2n) is 4.09. The van der Waals surface area contributed by atoms with Crippen molar-refractivity contribution in [3.05, 3.63) is 63.3 Å². The number of carboxylic acids is 1. The number of halogens is 1. The van der Waals surface area contributed by atoms with Crippen LogP contribution in [-0.4, -0.2) is 20.9 Å². The van der Waals surface area contributed by atoms with Crippen LogP contribution in [-0.2, 0) is 6.54 Å². The van der Waals surface area contributed by atoms with E-state index in [-0.39, 0.29) is 12.2 Å². The molecule has 2 aromatic rings. The molecular formula is C13H11FN2O3. The van der Waals surface area contributed by atoms with Crippen LogP contribution in [0.15, 0.2) is 35.1 Å². The van der Waals surface area contributed by atoms with Gasteiger partial charge in [-0.2, -0.15) is 5.10 Å². The summed E-state index contributed by atoms with van der Waals surface area (Å²) in [4.78, 5) is 22.4. The average molecular weight is 262 g/mol. The first-order chi connectivity index (χ1) is 8.97. The van der Waals surface area contributed by atoms with Gasteiger partial charge in [-0.1, -0.05) is 6.07 Å². The van der Waals surface area contributed by atoms with Gasteiger partial charge in [-0.25, -0.2) is 13.9 Å². The van der Waals surface area contributed by atoms with Crippen LogP contribution in [0.4, 0.5) is 4.39 Å². The molecule has 19 heavy (non-hydrogen) atoms. The Kier molecular flexibility index (Phi) is 3.41. The quantitative estimate of drug-likeness (QED) is 0.908. The Morgan fingerprint density at radius 3 is 2.79 bits per heavy atom. The predicted octanol–water partition coefficient (Wildman–Crippen LogP) is 1.44. The van der Waals surface area contributed by atoms with Gasteiger partial charge in [-0.05, 0) is 36.2 Å². The molecule has 0 radical (unpaired) electrons. The first kappa shape index (κ1) is 12.9. The third-order valence-electron chi connectivity index (χ3n) is 2.72. The van der Waals surface area contributed by atoms with Crippen molar-refractivity contribution < 1.29 is 14.3 Å². The highest BCUT2D eigenvalue weighted by Crippen LogP contribution is 2.10. The highest BCUT2D eigenvalue weighted by Gasteiger charge is 2.09. The maximum atomic E-state index is 13.2. The Morgan fingerprint density at radius 1 is 1.37 bits per heavy atom. The number of rotatable bonds is 3. The fourth-order valence-corrected chi connectivity index (χ4v) is 1.65. The summed E-state index contributed by atoms with van der Waals surface area (Å²) in [6, 6.07) is 6.49. The molecule has 1 aromatic carbocycles. The summed E-state index contributed by atoms with van der Waals surface area (Å²) < 4.78 is 14.2. The zero-order valence-electron chi connectivity index (χ0n) is 10.1. The molecule has 0 spiro atoms. The van der Waals surface area contributed by atoms with E-state index in [4.69, 9.17) is 5.11 Å². The number of aryl methyl sites for hydroxylation is 1. The summed E-state index contributed by atoms with van der Waals surface area (Å²) in [5, 5.41) is 12.5. The van der Waals surface area contributed by atoms with E-state index in [0.29, 0.717) is 5.56 Å². The number of carboxylic acid groups (broad SMARTS) is 1. The van der Waals surface area contributed by atoms with Crippen LogP contribution < -0.4 is 5.56 Å². The van der Waals surface area contributed by atoms with Gasteiger partial charge in [0.15, 0.2) is 5.69 Å². The van der Waals surface area contributed by atoms with Crippen LogP contribution in [0.5, 0.6) is 0 Å². The number of carbonyl (C=O) groups is 1. The summed E-state index contributed by atoms with van der Waals surface area (Å²) in [5.41, 5.74) is 0.718. The highest BCUT2D eigenvalue weighted by atomic mass is 19.1. The average Bonchev–Trinajstić information content (AvgIpc) is 2.36. The van der Waals surface area contributed by atoms with Crippen molar-refractivity contribution in [3.63, 3.8) is 0 Å². The molecule has 0 fully saturated rings. The number of nitrogens with zero attached hydrogens (tertiary/aromatic N) is 2. The molecular weight excluding hydrogens is 251 g/mol. The lowest BCUT2D eigenvalue weighted by molar-refractivity contribution is 0.0687. The number of aromatic nitrogens is 2. The molecule has 1 heterocycles. The molecule has 0 aliphatic heterocycles. The number of aromatic carboxylic acids is 1. The topological polar surface area (TPSA) is 72.2 Å². The Labute approximate surface area is 107 Å². The van der Waals surface area contributed by atoms with Gasteiger partial charge in [0.1, 0.15) is 5.82 Å². The van der Waals surface area contributed by atoms with Gasteiger partial charge < -0.3 is 5.11 Å². The minimum absolute atomic E-state index is 0.0313. The zero-order chi connectivity index (χ0) is 14.0. The summed E-state index contributed by atoms with van der Waals surface area (Å²) in [5.74, 6) is -1.63. The number of hydrogen-bond donors (Lipinski definition) is 1. The molecule has 0 bridgehead atoms. The molecule has 1 aromatic heterocycles. The molecule has 0 aliphatic rings. The van der Waals surface area contributed by atoms with Gasteiger partial charge in [-0.15, -0.1) is 0 Å². The van der Waals surface area contributed by atoms with Gasteiger partial charge >= 0.3 is 5.97 Å². The van der Waals surface area contributed by atoms with Gasteiger partial charge in [0.25, 0.3) is 5.56 Å². The van der Waals surface area contributed by atoms with Crippen LogP contribution in [0.25, 0.3) is 0 Å². The molecule has 0 saturated carbocycles. The van der Waals surface area contributed by atoms with Gasteiger partial charge in [0.05, 0.1) is 6.54 Å². The van der Waals surface area contributed by atoms with E-state index in [9.17, 15) is 14.0 Å². The molecule has 5 nitrogen and oxygen atoms in total. The number of hydrogen-bond acceptors (Lipinski definition) is 3. The van der Waals surface area contributed by atoms with E-state index in [1.165, 1.54) is 12.1 Å². The van der Waals surface area contributed by atoms with E-state index in [2.05, 4.69) is 5.10 Å². The third kappa shape index (κ3) is 2.85. The van der Waals surface area contributed by atoms with E-state index >= 15 is 0 Å². The lowest BCUT2D eigenvalue weighted by Gasteiger charge is -2.08. The second-order valence-corrected chi connectivity index (χ2v) is 4.09. The molecule has 98 valence electrons. The van der Waals surface area contributed by atoms with E-state index < -0.39 is 17.3 Å². The van der Waals surface area contributed by atoms with Crippen molar-refractivity contribution in [3.8, 4) is 0 Å². The molecule has 0 unspecified atom stereocenters. The zero-order valence-corrected chi connectivity index (χ0v) is 10.1. The Hall–Kier alpha value is -2.50. The highest BCUT2D eigenvalue weighted by molar-refractivity contribution is 5.84. The molecule has 0 aliphatic carbocycles. The normalized spacial score (nSPS) is 10.4. The SMILES string of the molecule is Cc1ccc(F)cc1Cn1nc(C(=O)O)ccc1=O. The first-order valence-electron chi connectivity index (χ1n) is 5.54. The molecule has 2 rings (SSSR count). The summed E-state index contributed by atoms with van der Waals surface area (Å²) >= 11 is 0. The minimum atomic E-state index is -1.22. The summed E-state index contributed by atoms with van der Waals surface area (Å²) in [7, 11) is 0. The van der Waals surface area contributed by atoms with Crippen molar-refractivity contribution in [2.45, 2.75) is 13.5 Å². The standard InChI is InChI=1S/C13H11FN2O3/c1-8-2-3-10(14)6-9(8)7-16-12(17)5-4-11(15-16)13(18)19/h2-6H,7H2,1H3,(H,18,19). The van der Waals surface area contributed by atoms with Crippen LogP contribution in [0.2, 0.25) is 0 Å². The lowest BCUT2D eigenvalue weighted by atomic mass is 10.1. The van der Waals surface area contributed by atoms with Crippen LogP contribution in [0.1, 0.15) is 21.6 Å².